The number of nitrogens with two attached hydrogens (primary N) is 1. The van der Waals surface area contributed by atoms with E-state index >= 15 is 0 Å². The summed E-state index contributed by atoms with van der Waals surface area (Å²) in [5.41, 5.74) is 6.90. The summed E-state index contributed by atoms with van der Waals surface area (Å²) < 4.78 is 10.4. The van der Waals surface area contributed by atoms with E-state index in [2.05, 4.69) is 0 Å². The van der Waals surface area contributed by atoms with Crippen LogP contribution in [-0.2, 0) is 9.53 Å². The van der Waals surface area contributed by atoms with Gasteiger partial charge in [-0.2, -0.15) is 0 Å². The smallest absolute Gasteiger partial charge is 0.344 e. The van der Waals surface area contributed by atoms with Gasteiger partial charge in [-0.25, -0.2) is 4.79 Å². The first-order chi connectivity index (χ1) is 11.9. The van der Waals surface area contributed by atoms with Crippen molar-refractivity contribution in [3.05, 3.63) is 65.2 Å². The van der Waals surface area contributed by atoms with Crippen molar-refractivity contribution in [2.24, 2.45) is 5.73 Å². The highest BCUT2D eigenvalue weighted by Crippen LogP contribution is 2.17. The molecule has 1 amide bonds. The Balaban J connectivity index is 1.93. The van der Waals surface area contributed by atoms with Gasteiger partial charge < -0.3 is 15.2 Å². The molecule has 2 aromatic rings. The zero-order valence-electron chi connectivity index (χ0n) is 14.0. The van der Waals surface area contributed by atoms with Crippen LogP contribution in [0.4, 0.5) is 0 Å². The zero-order chi connectivity index (χ0) is 18.4. The lowest BCUT2D eigenvalue weighted by Gasteiger charge is -2.13. The Hall–Kier alpha value is -3.15. The molecule has 0 radical (unpaired) electrons. The fraction of sp³-hybridized carbons (Fsp3) is 0.211. The van der Waals surface area contributed by atoms with Gasteiger partial charge in [-0.3, -0.25) is 9.59 Å². The molecule has 0 aromatic heterocycles. The van der Waals surface area contributed by atoms with E-state index < -0.39 is 24.6 Å². The molecular formula is C19H19NO5. The van der Waals surface area contributed by atoms with Crippen LogP contribution in [0.2, 0.25) is 0 Å². The van der Waals surface area contributed by atoms with Gasteiger partial charge in [-0.15, -0.1) is 0 Å². The maximum absolute atomic E-state index is 12.2. The second-order valence-electron chi connectivity index (χ2n) is 5.51. The fourth-order valence-electron chi connectivity index (χ4n) is 2.17. The van der Waals surface area contributed by atoms with Crippen LogP contribution < -0.4 is 10.5 Å². The van der Waals surface area contributed by atoms with Gasteiger partial charge in [0.25, 0.3) is 5.91 Å². The number of carbonyl (C=O) groups is 3. The van der Waals surface area contributed by atoms with Crippen molar-refractivity contribution in [1.29, 1.82) is 0 Å². The van der Waals surface area contributed by atoms with E-state index in [9.17, 15) is 14.4 Å². The minimum absolute atomic E-state index is 0.166. The number of para-hydroxylation sites is 1. The lowest BCUT2D eigenvalue weighted by Crippen LogP contribution is -2.27. The van der Waals surface area contributed by atoms with Crippen LogP contribution >= 0.6 is 0 Å². The van der Waals surface area contributed by atoms with Crippen LogP contribution in [-0.4, -0.2) is 30.4 Å². The van der Waals surface area contributed by atoms with Crippen LogP contribution in [0.1, 0.15) is 33.2 Å². The van der Waals surface area contributed by atoms with E-state index in [0.717, 1.165) is 5.56 Å². The highest BCUT2D eigenvalue weighted by molar-refractivity contribution is 6.00. The summed E-state index contributed by atoms with van der Waals surface area (Å²) in [7, 11) is 0. The molecule has 130 valence electrons. The first-order valence-electron chi connectivity index (χ1n) is 7.70. The van der Waals surface area contributed by atoms with Crippen molar-refractivity contribution in [3.63, 3.8) is 0 Å². The normalized spacial score (nSPS) is 11.4. The molecule has 2 rings (SSSR count). The number of amides is 1. The number of rotatable bonds is 7. The molecule has 1 atom stereocenters. The summed E-state index contributed by atoms with van der Waals surface area (Å²) >= 11 is 0. The molecule has 2 N–H and O–H groups in total. The predicted molar refractivity (Wildman–Crippen MR) is 91.5 cm³/mol. The topological polar surface area (TPSA) is 95.7 Å². The van der Waals surface area contributed by atoms with Gasteiger partial charge in [0.1, 0.15) is 5.75 Å². The Morgan fingerprint density at radius 1 is 1.04 bits per heavy atom. The monoisotopic (exact) mass is 341 g/mol. The van der Waals surface area contributed by atoms with Gasteiger partial charge in [-0.1, -0.05) is 42.0 Å². The number of hydrogen-bond acceptors (Lipinski definition) is 5. The first-order valence-corrected chi connectivity index (χ1v) is 7.70. The minimum Gasteiger partial charge on any atom is -0.481 e. The van der Waals surface area contributed by atoms with E-state index in [1.54, 1.807) is 24.3 Å². The summed E-state index contributed by atoms with van der Waals surface area (Å²) in [6.45, 7) is 2.98. The van der Waals surface area contributed by atoms with E-state index in [-0.39, 0.29) is 17.1 Å². The second kappa shape index (κ2) is 8.10. The molecule has 0 fully saturated rings. The average Bonchev–Trinajstić information content (AvgIpc) is 2.60. The number of ether oxygens (including phenoxy) is 2. The van der Waals surface area contributed by atoms with E-state index in [1.807, 2.05) is 19.1 Å². The molecular weight excluding hydrogens is 322 g/mol. The number of carbonyl (C=O) groups excluding carboxylic acids is 3. The van der Waals surface area contributed by atoms with Crippen LogP contribution in [0.25, 0.3) is 0 Å². The van der Waals surface area contributed by atoms with Crippen LogP contribution in [0.5, 0.6) is 5.75 Å². The summed E-state index contributed by atoms with van der Waals surface area (Å²) in [6, 6.07) is 13.3. The highest BCUT2D eigenvalue weighted by atomic mass is 16.6. The Labute approximate surface area is 145 Å². The summed E-state index contributed by atoms with van der Waals surface area (Å²) in [4.78, 5) is 35.4. The van der Waals surface area contributed by atoms with Gasteiger partial charge in [0, 0.05) is 5.56 Å². The third-order valence-corrected chi connectivity index (χ3v) is 3.51. The molecule has 0 spiro atoms. The summed E-state index contributed by atoms with van der Waals surface area (Å²) in [6.07, 6.45) is -0.940. The lowest BCUT2D eigenvalue weighted by atomic mass is 10.1. The lowest BCUT2D eigenvalue weighted by molar-refractivity contribution is -0.148. The van der Waals surface area contributed by atoms with Crippen LogP contribution in [0.15, 0.2) is 48.5 Å². The maximum Gasteiger partial charge on any atom is 0.344 e. The molecule has 0 saturated carbocycles. The number of primary amides is 1. The van der Waals surface area contributed by atoms with Gasteiger partial charge >= 0.3 is 5.97 Å². The molecule has 25 heavy (non-hydrogen) atoms. The van der Waals surface area contributed by atoms with Gasteiger partial charge in [0.2, 0.25) is 5.78 Å². The molecule has 0 aliphatic carbocycles. The Morgan fingerprint density at radius 2 is 1.68 bits per heavy atom. The molecule has 0 aliphatic heterocycles. The number of hydrogen-bond donors (Lipinski definition) is 1. The zero-order valence-corrected chi connectivity index (χ0v) is 14.0. The Bertz CT molecular complexity index is 783. The van der Waals surface area contributed by atoms with Gasteiger partial charge in [-0.05, 0) is 26.0 Å². The fourth-order valence-corrected chi connectivity index (χ4v) is 2.17. The van der Waals surface area contributed by atoms with Crippen molar-refractivity contribution < 1.29 is 23.9 Å². The number of ketones is 1. The Morgan fingerprint density at radius 3 is 2.32 bits per heavy atom. The molecule has 0 saturated heterocycles. The van der Waals surface area contributed by atoms with Gasteiger partial charge in [0.15, 0.2) is 12.7 Å². The van der Waals surface area contributed by atoms with Crippen LogP contribution in [0.3, 0.4) is 0 Å². The van der Waals surface area contributed by atoms with Crippen molar-refractivity contribution in [2.75, 3.05) is 6.61 Å². The van der Waals surface area contributed by atoms with Gasteiger partial charge in [0.05, 0.1) is 5.56 Å². The highest BCUT2D eigenvalue weighted by Gasteiger charge is 2.20. The molecule has 0 aliphatic rings. The summed E-state index contributed by atoms with van der Waals surface area (Å²) in [5.74, 6) is -1.49. The number of esters is 1. The quantitative estimate of drug-likeness (QED) is 0.616. The second-order valence-corrected chi connectivity index (χ2v) is 5.51. The first kappa shape index (κ1) is 18.2. The molecule has 0 bridgehead atoms. The van der Waals surface area contributed by atoms with Crippen molar-refractivity contribution in [1.82, 2.24) is 0 Å². The van der Waals surface area contributed by atoms with E-state index in [0.29, 0.717) is 5.56 Å². The van der Waals surface area contributed by atoms with E-state index in [1.165, 1.54) is 19.1 Å². The summed E-state index contributed by atoms with van der Waals surface area (Å²) in [5, 5.41) is 0. The van der Waals surface area contributed by atoms with Crippen molar-refractivity contribution in [2.45, 2.75) is 20.0 Å². The van der Waals surface area contributed by atoms with Crippen molar-refractivity contribution >= 4 is 17.7 Å². The molecule has 0 unspecified atom stereocenters. The predicted octanol–water partition coefficient (Wildman–Crippen LogP) is 2.29. The number of Topliss-reactive ketones (excluding diaryl/α,β-unsaturated/α-hetero) is 1. The number of benzene rings is 2. The largest absolute Gasteiger partial charge is 0.481 e. The standard InChI is InChI=1S/C19H19NO5/c1-12-7-9-14(10-8-12)18(22)13(2)25-17(21)11-24-16-6-4-3-5-15(16)19(20)23/h3-10,13H,11H2,1-2H3,(H2,20,23)/t13-/m0/s1. The number of aryl methyl sites for hydroxylation is 1. The SMILES string of the molecule is Cc1ccc(C(=O)[C@H](C)OC(=O)COc2ccccc2C(N)=O)cc1. The minimum atomic E-state index is -0.940. The molecule has 6 nitrogen and oxygen atoms in total. The maximum atomic E-state index is 12.2. The molecule has 0 heterocycles. The third-order valence-electron chi connectivity index (χ3n) is 3.51. The van der Waals surface area contributed by atoms with Crippen molar-refractivity contribution in [3.8, 4) is 5.75 Å². The third kappa shape index (κ3) is 4.91. The molecule has 2 aromatic carbocycles. The average molecular weight is 341 g/mol. The Kier molecular flexibility index (Phi) is 5.89. The van der Waals surface area contributed by atoms with E-state index in [4.69, 9.17) is 15.2 Å². The molecule has 6 heteroatoms. The van der Waals surface area contributed by atoms with Crippen LogP contribution in [0, 0.1) is 6.92 Å².